The fourth-order valence-electron chi connectivity index (χ4n) is 1.73. The number of aromatic nitrogens is 3. The largest absolute Gasteiger partial charge is 0.460 e. The van der Waals surface area contributed by atoms with Crippen LogP contribution in [0.2, 0.25) is 0 Å². The molecule has 24 heavy (non-hydrogen) atoms. The van der Waals surface area contributed by atoms with Gasteiger partial charge in [-0.15, -0.1) is 0 Å². The summed E-state index contributed by atoms with van der Waals surface area (Å²) in [5.41, 5.74) is 9.12. The SMILES string of the molecule is Nc1nc(N)nc(-c2ccc(C(F)(F)C(F)(F)C(F)(F)F)cc2)n1. The van der Waals surface area contributed by atoms with Gasteiger partial charge in [0.25, 0.3) is 0 Å². The normalized spacial score (nSPS) is 13.1. The van der Waals surface area contributed by atoms with Crippen molar-refractivity contribution in [2.45, 2.75) is 18.0 Å². The summed E-state index contributed by atoms with van der Waals surface area (Å²) in [6.07, 6.45) is -6.41. The summed E-state index contributed by atoms with van der Waals surface area (Å²) in [5, 5.41) is 0. The molecule has 2 aromatic rings. The fourth-order valence-corrected chi connectivity index (χ4v) is 1.73. The lowest BCUT2D eigenvalue weighted by Gasteiger charge is -2.28. The quantitative estimate of drug-likeness (QED) is 0.826. The highest BCUT2D eigenvalue weighted by Gasteiger charge is 2.73. The van der Waals surface area contributed by atoms with Crippen LogP contribution in [0.3, 0.4) is 0 Å². The van der Waals surface area contributed by atoms with E-state index in [1.165, 1.54) is 0 Å². The Bertz CT molecular complexity index is 722. The number of hydrogen-bond donors (Lipinski definition) is 2. The van der Waals surface area contributed by atoms with Crippen LogP contribution in [0.5, 0.6) is 0 Å². The summed E-state index contributed by atoms with van der Waals surface area (Å²) in [4.78, 5) is 10.8. The Kier molecular flexibility index (Phi) is 4.02. The van der Waals surface area contributed by atoms with Crippen LogP contribution in [0.15, 0.2) is 24.3 Å². The number of anilines is 2. The Labute approximate surface area is 129 Å². The molecule has 0 bridgehead atoms. The molecule has 0 amide bonds. The molecule has 0 aliphatic heterocycles. The van der Waals surface area contributed by atoms with E-state index >= 15 is 0 Å². The molecule has 0 fully saturated rings. The van der Waals surface area contributed by atoms with E-state index in [4.69, 9.17) is 11.5 Å². The Morgan fingerprint density at radius 1 is 0.708 bits per heavy atom. The maximum absolute atomic E-state index is 13.5. The Morgan fingerprint density at radius 2 is 1.17 bits per heavy atom. The van der Waals surface area contributed by atoms with Crippen LogP contribution in [-0.4, -0.2) is 27.1 Å². The molecule has 2 rings (SSSR count). The van der Waals surface area contributed by atoms with Crippen molar-refractivity contribution >= 4 is 11.9 Å². The van der Waals surface area contributed by atoms with E-state index in [2.05, 4.69) is 15.0 Å². The zero-order chi connectivity index (χ0) is 18.3. The molecule has 1 aromatic heterocycles. The molecule has 0 aliphatic rings. The van der Waals surface area contributed by atoms with Crippen molar-refractivity contribution in [3.8, 4) is 11.4 Å². The van der Waals surface area contributed by atoms with Gasteiger partial charge in [-0.25, -0.2) is 0 Å². The van der Waals surface area contributed by atoms with Crippen molar-refractivity contribution < 1.29 is 30.7 Å². The summed E-state index contributed by atoms with van der Waals surface area (Å²) < 4.78 is 89.5. The lowest BCUT2D eigenvalue weighted by molar-refractivity contribution is -0.359. The highest BCUT2D eigenvalue weighted by Crippen LogP contribution is 2.51. The molecule has 12 heteroatoms. The Hall–Kier alpha value is -2.66. The average molecular weight is 355 g/mol. The average Bonchev–Trinajstić information content (AvgIpc) is 2.45. The standard InChI is InChI=1S/C12H8F7N5/c13-10(14,11(15,16)12(17,18)19)6-3-1-5(2-4-6)7-22-8(20)24-9(21)23-7/h1-4H,(H4,20,21,22,23,24). The second-order valence-electron chi connectivity index (χ2n) is 4.60. The highest BCUT2D eigenvalue weighted by molar-refractivity contribution is 5.58. The number of nitrogens with two attached hydrogens (primary N) is 2. The molecule has 0 spiro atoms. The van der Waals surface area contributed by atoms with Crippen molar-refractivity contribution in [1.29, 1.82) is 0 Å². The Morgan fingerprint density at radius 3 is 1.58 bits per heavy atom. The van der Waals surface area contributed by atoms with E-state index < -0.39 is 23.6 Å². The molecule has 1 aromatic carbocycles. The lowest BCUT2D eigenvalue weighted by Crippen LogP contribution is -2.49. The first-order valence-electron chi connectivity index (χ1n) is 6.06. The first kappa shape index (κ1) is 17.7. The van der Waals surface area contributed by atoms with Gasteiger partial charge >= 0.3 is 18.0 Å². The molecule has 5 nitrogen and oxygen atoms in total. The molecular formula is C12H8F7N5. The maximum Gasteiger partial charge on any atom is 0.460 e. The molecule has 0 aliphatic carbocycles. The van der Waals surface area contributed by atoms with Crippen molar-refractivity contribution in [1.82, 2.24) is 15.0 Å². The van der Waals surface area contributed by atoms with E-state index in [9.17, 15) is 30.7 Å². The van der Waals surface area contributed by atoms with E-state index in [0.717, 1.165) is 12.1 Å². The van der Waals surface area contributed by atoms with Gasteiger partial charge in [0.15, 0.2) is 5.82 Å². The van der Waals surface area contributed by atoms with Crippen LogP contribution < -0.4 is 11.5 Å². The van der Waals surface area contributed by atoms with Gasteiger partial charge in [0.2, 0.25) is 11.9 Å². The summed E-state index contributed by atoms with van der Waals surface area (Å²) in [5.74, 6) is -12.4. The number of alkyl halides is 7. The topological polar surface area (TPSA) is 90.7 Å². The molecular weight excluding hydrogens is 347 g/mol. The molecule has 0 atom stereocenters. The zero-order valence-electron chi connectivity index (χ0n) is 11.5. The second kappa shape index (κ2) is 5.46. The van der Waals surface area contributed by atoms with Gasteiger partial charge in [0.1, 0.15) is 0 Å². The van der Waals surface area contributed by atoms with Crippen molar-refractivity contribution in [2.24, 2.45) is 0 Å². The van der Waals surface area contributed by atoms with Gasteiger partial charge in [0.05, 0.1) is 0 Å². The predicted molar refractivity (Wildman–Crippen MR) is 69.0 cm³/mol. The first-order chi connectivity index (χ1) is 10.9. The molecule has 0 saturated heterocycles. The highest BCUT2D eigenvalue weighted by atomic mass is 19.4. The van der Waals surface area contributed by atoms with E-state index in [-0.39, 0.29) is 23.3 Å². The number of nitrogen functional groups attached to an aromatic ring is 2. The van der Waals surface area contributed by atoms with Gasteiger partial charge in [0, 0.05) is 11.1 Å². The minimum Gasteiger partial charge on any atom is -0.368 e. The summed E-state index contributed by atoms with van der Waals surface area (Å²) in [7, 11) is 0. The monoisotopic (exact) mass is 355 g/mol. The number of halogens is 7. The van der Waals surface area contributed by atoms with Gasteiger partial charge in [-0.3, -0.25) is 0 Å². The molecule has 0 radical (unpaired) electrons. The predicted octanol–water partition coefficient (Wildman–Crippen LogP) is 2.99. The number of hydrogen-bond acceptors (Lipinski definition) is 5. The molecule has 4 N–H and O–H groups in total. The van der Waals surface area contributed by atoms with Crippen LogP contribution in [-0.2, 0) is 5.92 Å². The third kappa shape index (κ3) is 2.90. The molecule has 0 unspecified atom stereocenters. The van der Waals surface area contributed by atoms with E-state index in [0.29, 0.717) is 12.1 Å². The van der Waals surface area contributed by atoms with Crippen molar-refractivity contribution in [3.05, 3.63) is 29.8 Å². The third-order valence-electron chi connectivity index (χ3n) is 2.93. The second-order valence-corrected chi connectivity index (χ2v) is 4.60. The van der Waals surface area contributed by atoms with Gasteiger partial charge < -0.3 is 11.5 Å². The number of benzene rings is 1. The van der Waals surface area contributed by atoms with Crippen molar-refractivity contribution in [2.75, 3.05) is 11.5 Å². The summed E-state index contributed by atoms with van der Waals surface area (Å²) >= 11 is 0. The molecule has 0 saturated carbocycles. The van der Waals surface area contributed by atoms with Crippen molar-refractivity contribution in [3.63, 3.8) is 0 Å². The number of rotatable bonds is 3. The summed E-state index contributed by atoms with van der Waals surface area (Å²) in [6, 6.07) is 2.49. The van der Waals surface area contributed by atoms with Gasteiger partial charge in [-0.2, -0.15) is 45.7 Å². The molecule has 1 heterocycles. The van der Waals surface area contributed by atoms with Crippen LogP contribution in [0.25, 0.3) is 11.4 Å². The minimum absolute atomic E-state index is 0.0191. The van der Waals surface area contributed by atoms with Gasteiger partial charge in [-0.05, 0) is 0 Å². The Balaban J connectivity index is 2.42. The van der Waals surface area contributed by atoms with Gasteiger partial charge in [-0.1, -0.05) is 24.3 Å². The van der Waals surface area contributed by atoms with E-state index in [1.807, 2.05) is 0 Å². The zero-order valence-corrected chi connectivity index (χ0v) is 11.5. The lowest BCUT2D eigenvalue weighted by atomic mass is 10.00. The van der Waals surface area contributed by atoms with Crippen LogP contribution in [0, 0.1) is 0 Å². The van der Waals surface area contributed by atoms with Crippen LogP contribution in [0.1, 0.15) is 5.56 Å². The summed E-state index contributed by atoms with van der Waals surface area (Å²) in [6.45, 7) is 0. The fraction of sp³-hybridized carbons (Fsp3) is 0.250. The smallest absolute Gasteiger partial charge is 0.368 e. The first-order valence-corrected chi connectivity index (χ1v) is 6.06. The van der Waals surface area contributed by atoms with E-state index in [1.54, 1.807) is 0 Å². The molecule has 130 valence electrons. The number of nitrogens with zero attached hydrogens (tertiary/aromatic N) is 3. The third-order valence-corrected chi connectivity index (χ3v) is 2.93. The minimum atomic E-state index is -6.41. The maximum atomic E-state index is 13.5. The van der Waals surface area contributed by atoms with Crippen LogP contribution in [0.4, 0.5) is 42.6 Å². The van der Waals surface area contributed by atoms with Crippen LogP contribution >= 0.6 is 0 Å².